The standard InChI is InChI=1S/C40H24N2/c1-3-27-11-13-31-9-7-25(35-21-17-29(5-1)37(27)39(31)35)15-19-33-23-42-34(24-41-33)20-16-26-8-10-32-14-12-28-4-2-6-30-18-22-36(26)40(32)38(28)30/h1-24H. The lowest BCUT2D eigenvalue weighted by molar-refractivity contribution is 1.16. The van der Waals surface area contributed by atoms with Gasteiger partial charge in [-0.1, -0.05) is 121 Å². The highest BCUT2D eigenvalue weighted by Gasteiger charge is 2.11. The molecule has 0 bridgehead atoms. The summed E-state index contributed by atoms with van der Waals surface area (Å²) < 4.78 is 0. The summed E-state index contributed by atoms with van der Waals surface area (Å²) in [7, 11) is 0. The molecular weight excluding hydrogens is 508 g/mol. The first-order valence-corrected chi connectivity index (χ1v) is 14.3. The Morgan fingerprint density at radius 3 is 1.10 bits per heavy atom. The summed E-state index contributed by atoms with van der Waals surface area (Å²) in [6, 6.07) is 39.7. The summed E-state index contributed by atoms with van der Waals surface area (Å²) in [5, 5.41) is 15.5. The minimum absolute atomic E-state index is 0.834. The number of hydrogen-bond acceptors (Lipinski definition) is 2. The zero-order valence-corrected chi connectivity index (χ0v) is 22.8. The van der Waals surface area contributed by atoms with Gasteiger partial charge in [-0.05, 0) is 87.9 Å². The number of hydrogen-bond donors (Lipinski definition) is 0. The summed E-state index contributed by atoms with van der Waals surface area (Å²) >= 11 is 0. The van der Waals surface area contributed by atoms with E-state index < -0.39 is 0 Å². The van der Waals surface area contributed by atoms with E-state index in [-0.39, 0.29) is 0 Å². The second-order valence-electron chi connectivity index (χ2n) is 11.1. The zero-order chi connectivity index (χ0) is 27.6. The van der Waals surface area contributed by atoms with E-state index in [1.165, 1.54) is 75.8 Å². The Balaban J connectivity index is 1.03. The van der Waals surface area contributed by atoms with Gasteiger partial charge in [0, 0.05) is 0 Å². The molecule has 42 heavy (non-hydrogen) atoms. The molecular formula is C40H24N2. The average molecular weight is 533 g/mol. The van der Waals surface area contributed by atoms with Crippen LogP contribution >= 0.6 is 0 Å². The van der Waals surface area contributed by atoms with Crippen LogP contribution in [-0.4, -0.2) is 9.97 Å². The highest BCUT2D eigenvalue weighted by atomic mass is 14.8. The van der Waals surface area contributed by atoms with E-state index in [0.717, 1.165) is 11.4 Å². The minimum Gasteiger partial charge on any atom is -0.253 e. The number of aromatic nitrogens is 2. The van der Waals surface area contributed by atoms with Gasteiger partial charge in [-0.3, -0.25) is 9.97 Å². The minimum atomic E-state index is 0.834. The molecule has 0 saturated carbocycles. The third-order valence-electron chi connectivity index (χ3n) is 8.68. The Morgan fingerprint density at radius 1 is 0.333 bits per heavy atom. The van der Waals surface area contributed by atoms with Crippen LogP contribution < -0.4 is 0 Å². The van der Waals surface area contributed by atoms with Crippen LogP contribution in [0.25, 0.3) is 88.9 Å². The summed E-state index contributed by atoms with van der Waals surface area (Å²) in [4.78, 5) is 9.39. The number of benzene rings is 8. The molecule has 0 N–H and O–H groups in total. The first kappa shape index (κ1) is 23.1. The monoisotopic (exact) mass is 532 g/mol. The van der Waals surface area contributed by atoms with E-state index in [2.05, 4.69) is 121 Å². The van der Waals surface area contributed by atoms with Gasteiger partial charge < -0.3 is 0 Å². The lowest BCUT2D eigenvalue weighted by atomic mass is 9.92. The summed E-state index contributed by atoms with van der Waals surface area (Å²) in [6.45, 7) is 0. The van der Waals surface area contributed by atoms with Gasteiger partial charge in [-0.25, -0.2) is 0 Å². The third-order valence-corrected chi connectivity index (χ3v) is 8.68. The van der Waals surface area contributed by atoms with Crippen molar-refractivity contribution in [3.63, 3.8) is 0 Å². The normalized spacial score (nSPS) is 12.6. The SMILES string of the molecule is C(=Cc1ccc2ccc3cccc4ccc1c2c34)c1cnc(C=Cc2ccc3ccc4cccc5ccc2c3c45)cn1. The molecule has 9 rings (SSSR count). The van der Waals surface area contributed by atoms with Crippen molar-refractivity contribution in [3.8, 4) is 0 Å². The van der Waals surface area contributed by atoms with Crippen LogP contribution in [0.2, 0.25) is 0 Å². The van der Waals surface area contributed by atoms with Crippen LogP contribution in [0.5, 0.6) is 0 Å². The molecule has 0 atom stereocenters. The Labute approximate surface area is 242 Å². The second-order valence-corrected chi connectivity index (χ2v) is 11.1. The first-order chi connectivity index (χ1) is 20.8. The van der Waals surface area contributed by atoms with Crippen molar-refractivity contribution < 1.29 is 0 Å². The van der Waals surface area contributed by atoms with Gasteiger partial charge >= 0.3 is 0 Å². The molecule has 0 fully saturated rings. The van der Waals surface area contributed by atoms with E-state index in [1.807, 2.05) is 24.5 Å². The van der Waals surface area contributed by atoms with Crippen LogP contribution in [0.15, 0.2) is 122 Å². The van der Waals surface area contributed by atoms with Crippen molar-refractivity contribution in [1.82, 2.24) is 9.97 Å². The fourth-order valence-corrected chi connectivity index (χ4v) is 6.68. The van der Waals surface area contributed by atoms with Gasteiger partial charge in [-0.15, -0.1) is 0 Å². The molecule has 8 aromatic carbocycles. The second kappa shape index (κ2) is 8.95. The van der Waals surface area contributed by atoms with Gasteiger partial charge in [0.05, 0.1) is 23.8 Å². The lowest BCUT2D eigenvalue weighted by Gasteiger charge is -2.12. The highest BCUT2D eigenvalue weighted by molar-refractivity contribution is 6.25. The van der Waals surface area contributed by atoms with E-state index in [0.29, 0.717) is 0 Å². The van der Waals surface area contributed by atoms with Gasteiger partial charge in [-0.2, -0.15) is 0 Å². The van der Waals surface area contributed by atoms with Gasteiger partial charge in [0.1, 0.15) is 0 Å². The third kappa shape index (κ3) is 3.52. The van der Waals surface area contributed by atoms with Crippen LogP contribution in [0.1, 0.15) is 22.5 Å². The predicted octanol–water partition coefficient (Wildman–Crippen LogP) is 10.6. The fraction of sp³-hybridized carbons (Fsp3) is 0. The molecule has 0 saturated heterocycles. The zero-order valence-electron chi connectivity index (χ0n) is 22.8. The van der Waals surface area contributed by atoms with Gasteiger partial charge in [0.2, 0.25) is 0 Å². The number of nitrogens with zero attached hydrogens (tertiary/aromatic N) is 2. The topological polar surface area (TPSA) is 25.8 Å². The molecule has 2 nitrogen and oxygen atoms in total. The smallest absolute Gasteiger partial charge is 0.0813 e. The molecule has 0 amide bonds. The Bertz CT molecular complexity index is 2290. The Hall–Kier alpha value is -5.60. The quantitative estimate of drug-likeness (QED) is 0.211. The maximum atomic E-state index is 4.70. The molecule has 0 unspecified atom stereocenters. The average Bonchev–Trinajstić information content (AvgIpc) is 3.05. The van der Waals surface area contributed by atoms with Crippen molar-refractivity contribution in [2.24, 2.45) is 0 Å². The van der Waals surface area contributed by atoms with Crippen molar-refractivity contribution in [2.45, 2.75) is 0 Å². The van der Waals surface area contributed by atoms with Crippen LogP contribution in [0.3, 0.4) is 0 Å². The van der Waals surface area contributed by atoms with Crippen LogP contribution in [0.4, 0.5) is 0 Å². The molecule has 0 aliphatic heterocycles. The van der Waals surface area contributed by atoms with Crippen molar-refractivity contribution in [2.75, 3.05) is 0 Å². The van der Waals surface area contributed by atoms with Crippen molar-refractivity contribution in [3.05, 3.63) is 144 Å². The Kier molecular flexibility index (Phi) is 4.93. The summed E-state index contributed by atoms with van der Waals surface area (Å²) in [5.74, 6) is 0. The largest absolute Gasteiger partial charge is 0.253 e. The maximum Gasteiger partial charge on any atom is 0.0813 e. The molecule has 1 aromatic heterocycles. The van der Waals surface area contributed by atoms with E-state index in [1.54, 1.807) is 0 Å². The molecule has 0 radical (unpaired) electrons. The van der Waals surface area contributed by atoms with Crippen LogP contribution in [-0.2, 0) is 0 Å². The van der Waals surface area contributed by atoms with Gasteiger partial charge in [0.25, 0.3) is 0 Å². The Morgan fingerprint density at radius 2 is 0.690 bits per heavy atom. The molecule has 0 spiro atoms. The maximum absolute atomic E-state index is 4.70. The summed E-state index contributed by atoms with van der Waals surface area (Å²) in [5.41, 5.74) is 4.03. The fourth-order valence-electron chi connectivity index (χ4n) is 6.68. The van der Waals surface area contributed by atoms with Crippen LogP contribution in [0, 0.1) is 0 Å². The molecule has 2 heteroatoms. The molecule has 9 aromatic rings. The first-order valence-electron chi connectivity index (χ1n) is 14.3. The molecule has 0 aliphatic carbocycles. The van der Waals surface area contributed by atoms with Crippen molar-refractivity contribution >= 4 is 88.9 Å². The highest BCUT2D eigenvalue weighted by Crippen LogP contribution is 2.37. The number of rotatable bonds is 4. The molecule has 194 valence electrons. The van der Waals surface area contributed by atoms with E-state index in [9.17, 15) is 0 Å². The molecule has 0 aliphatic rings. The molecule has 1 heterocycles. The van der Waals surface area contributed by atoms with Gasteiger partial charge in [0.15, 0.2) is 0 Å². The predicted molar refractivity (Wildman–Crippen MR) is 180 cm³/mol. The lowest BCUT2D eigenvalue weighted by Crippen LogP contribution is -1.88. The van der Waals surface area contributed by atoms with E-state index in [4.69, 9.17) is 9.97 Å². The van der Waals surface area contributed by atoms with E-state index >= 15 is 0 Å². The summed E-state index contributed by atoms with van der Waals surface area (Å²) in [6.07, 6.45) is 12.1. The van der Waals surface area contributed by atoms with Crippen molar-refractivity contribution in [1.29, 1.82) is 0 Å².